The van der Waals surface area contributed by atoms with Gasteiger partial charge in [0.1, 0.15) is 0 Å². The third kappa shape index (κ3) is 4.61. The molecule has 0 amide bonds. The molecule has 0 spiro atoms. The maximum absolute atomic E-state index is 12.5. The van der Waals surface area contributed by atoms with Crippen molar-refractivity contribution >= 4 is 5.78 Å². The Labute approximate surface area is 110 Å². The first-order valence-electron chi connectivity index (χ1n) is 6.39. The fourth-order valence-corrected chi connectivity index (χ4v) is 1.88. The SMILES string of the molecule is CC(C)(C)N[C@@H](Cc1cn[nH]c1)C(=O)C(C)(C)C. The molecule has 0 aliphatic carbocycles. The van der Waals surface area contributed by atoms with E-state index in [1.54, 1.807) is 6.20 Å². The second kappa shape index (κ2) is 5.22. The second-order valence-corrected chi connectivity index (χ2v) is 6.87. The summed E-state index contributed by atoms with van der Waals surface area (Å²) in [5.41, 5.74) is 0.622. The van der Waals surface area contributed by atoms with Crippen LogP contribution in [-0.2, 0) is 11.2 Å². The fourth-order valence-electron chi connectivity index (χ4n) is 1.88. The molecule has 1 atom stereocenters. The number of carbonyl (C=O) groups excluding carboxylic acids is 1. The fraction of sp³-hybridized carbons (Fsp3) is 0.714. The van der Waals surface area contributed by atoms with Crippen molar-refractivity contribution in [1.29, 1.82) is 0 Å². The van der Waals surface area contributed by atoms with Crippen LogP contribution in [0.5, 0.6) is 0 Å². The van der Waals surface area contributed by atoms with Gasteiger partial charge in [-0.15, -0.1) is 0 Å². The molecule has 1 rings (SSSR count). The molecule has 1 aromatic heterocycles. The average Bonchev–Trinajstić information content (AvgIpc) is 2.64. The van der Waals surface area contributed by atoms with Gasteiger partial charge in [-0.3, -0.25) is 9.89 Å². The molecule has 18 heavy (non-hydrogen) atoms. The smallest absolute Gasteiger partial charge is 0.155 e. The van der Waals surface area contributed by atoms with Crippen LogP contribution in [0.2, 0.25) is 0 Å². The van der Waals surface area contributed by atoms with E-state index in [0.717, 1.165) is 5.56 Å². The van der Waals surface area contributed by atoms with Crippen molar-refractivity contribution in [3.05, 3.63) is 18.0 Å². The molecule has 0 saturated heterocycles. The van der Waals surface area contributed by atoms with Gasteiger partial charge in [-0.1, -0.05) is 20.8 Å². The number of H-pyrrole nitrogens is 1. The number of aromatic amines is 1. The van der Waals surface area contributed by atoms with Crippen LogP contribution in [0.25, 0.3) is 0 Å². The van der Waals surface area contributed by atoms with Crippen molar-refractivity contribution in [3.63, 3.8) is 0 Å². The molecule has 0 aromatic carbocycles. The zero-order chi connectivity index (χ0) is 14.0. The first kappa shape index (κ1) is 14.9. The Morgan fingerprint density at radius 2 is 1.94 bits per heavy atom. The lowest BCUT2D eigenvalue weighted by Crippen LogP contribution is -2.51. The molecule has 0 aliphatic heterocycles. The highest BCUT2D eigenvalue weighted by Crippen LogP contribution is 2.20. The van der Waals surface area contributed by atoms with Crippen LogP contribution >= 0.6 is 0 Å². The van der Waals surface area contributed by atoms with Gasteiger partial charge in [0.2, 0.25) is 0 Å². The molecule has 4 nitrogen and oxygen atoms in total. The number of ketones is 1. The molecule has 0 bridgehead atoms. The number of nitrogens with one attached hydrogen (secondary N) is 2. The van der Waals surface area contributed by atoms with Crippen molar-refractivity contribution < 1.29 is 4.79 Å². The maximum atomic E-state index is 12.5. The first-order valence-corrected chi connectivity index (χ1v) is 6.39. The predicted molar refractivity (Wildman–Crippen MR) is 73.4 cm³/mol. The van der Waals surface area contributed by atoms with E-state index in [1.807, 2.05) is 27.0 Å². The van der Waals surface area contributed by atoms with Gasteiger partial charge in [0.05, 0.1) is 12.2 Å². The molecule has 1 aromatic rings. The molecule has 0 saturated carbocycles. The summed E-state index contributed by atoms with van der Waals surface area (Å²) >= 11 is 0. The highest BCUT2D eigenvalue weighted by molar-refractivity contribution is 5.89. The summed E-state index contributed by atoms with van der Waals surface area (Å²) in [7, 11) is 0. The number of Topliss-reactive ketones (excluding diaryl/α,β-unsaturated/α-hetero) is 1. The Morgan fingerprint density at radius 1 is 1.33 bits per heavy atom. The molecular formula is C14H25N3O. The van der Waals surface area contributed by atoms with E-state index >= 15 is 0 Å². The van der Waals surface area contributed by atoms with Gasteiger partial charge in [0, 0.05) is 17.2 Å². The first-order chi connectivity index (χ1) is 8.09. The molecule has 1 heterocycles. The molecule has 4 heteroatoms. The van der Waals surface area contributed by atoms with Crippen molar-refractivity contribution in [2.75, 3.05) is 0 Å². The Balaban J connectivity index is 2.85. The van der Waals surface area contributed by atoms with Crippen LogP contribution in [0.3, 0.4) is 0 Å². The highest BCUT2D eigenvalue weighted by Gasteiger charge is 2.32. The molecule has 0 fully saturated rings. The quantitative estimate of drug-likeness (QED) is 0.863. The van der Waals surface area contributed by atoms with Crippen molar-refractivity contribution in [2.45, 2.75) is 59.5 Å². The molecule has 2 N–H and O–H groups in total. The normalized spacial score (nSPS) is 14.6. The zero-order valence-electron chi connectivity index (χ0n) is 12.3. The zero-order valence-corrected chi connectivity index (χ0v) is 12.3. The van der Waals surface area contributed by atoms with Gasteiger partial charge in [-0.05, 0) is 32.8 Å². The van der Waals surface area contributed by atoms with Crippen LogP contribution in [0, 0.1) is 5.41 Å². The van der Waals surface area contributed by atoms with E-state index in [-0.39, 0.29) is 22.8 Å². The van der Waals surface area contributed by atoms with E-state index in [4.69, 9.17) is 0 Å². The van der Waals surface area contributed by atoms with Crippen molar-refractivity contribution in [2.24, 2.45) is 5.41 Å². The Kier molecular flexibility index (Phi) is 4.32. The largest absolute Gasteiger partial charge is 0.302 e. The Hall–Kier alpha value is -1.16. The van der Waals surface area contributed by atoms with E-state index < -0.39 is 0 Å². The minimum Gasteiger partial charge on any atom is -0.302 e. The number of nitrogens with zero attached hydrogens (tertiary/aromatic N) is 1. The van der Waals surface area contributed by atoms with Crippen molar-refractivity contribution in [1.82, 2.24) is 15.5 Å². The van der Waals surface area contributed by atoms with Crippen LogP contribution < -0.4 is 5.32 Å². The van der Waals surface area contributed by atoms with Crippen LogP contribution in [-0.4, -0.2) is 27.6 Å². The molecule has 0 radical (unpaired) electrons. The van der Waals surface area contributed by atoms with Gasteiger partial charge < -0.3 is 5.32 Å². The maximum Gasteiger partial charge on any atom is 0.155 e. The van der Waals surface area contributed by atoms with Crippen LogP contribution in [0.1, 0.15) is 47.1 Å². The minimum atomic E-state index is -0.341. The standard InChI is InChI=1S/C14H25N3O/c1-13(2,3)12(18)11(17-14(4,5)6)7-10-8-15-16-9-10/h8-9,11,17H,7H2,1-6H3,(H,15,16)/t11-/m0/s1. The van der Waals surface area contributed by atoms with Crippen LogP contribution in [0.4, 0.5) is 0 Å². The highest BCUT2D eigenvalue weighted by atomic mass is 16.1. The molecule has 0 aliphatic rings. The third-order valence-corrected chi connectivity index (χ3v) is 2.66. The summed E-state index contributed by atoms with van der Waals surface area (Å²) in [6.45, 7) is 12.1. The monoisotopic (exact) mass is 251 g/mol. The van der Waals surface area contributed by atoms with Crippen molar-refractivity contribution in [3.8, 4) is 0 Å². The predicted octanol–water partition coefficient (Wildman–Crippen LogP) is 2.32. The van der Waals surface area contributed by atoms with Gasteiger partial charge in [0.25, 0.3) is 0 Å². The van der Waals surface area contributed by atoms with Gasteiger partial charge in [-0.2, -0.15) is 5.10 Å². The molecule has 0 unspecified atom stereocenters. The van der Waals surface area contributed by atoms with Gasteiger partial charge >= 0.3 is 0 Å². The lowest BCUT2D eigenvalue weighted by atomic mass is 9.83. The molecule has 102 valence electrons. The topological polar surface area (TPSA) is 57.8 Å². The van der Waals surface area contributed by atoms with Crippen LogP contribution in [0.15, 0.2) is 12.4 Å². The van der Waals surface area contributed by atoms with E-state index in [2.05, 4.69) is 36.3 Å². The second-order valence-electron chi connectivity index (χ2n) is 6.87. The summed E-state index contributed by atoms with van der Waals surface area (Å²) in [5.74, 6) is 0.235. The average molecular weight is 251 g/mol. The Morgan fingerprint density at radius 3 is 2.33 bits per heavy atom. The summed E-state index contributed by atoms with van der Waals surface area (Å²) in [5, 5.41) is 10.1. The van der Waals surface area contributed by atoms with E-state index in [0.29, 0.717) is 6.42 Å². The summed E-state index contributed by atoms with van der Waals surface area (Å²) < 4.78 is 0. The third-order valence-electron chi connectivity index (χ3n) is 2.66. The van der Waals surface area contributed by atoms with E-state index in [1.165, 1.54) is 0 Å². The number of aromatic nitrogens is 2. The Bertz CT molecular complexity index is 382. The number of hydrogen-bond acceptors (Lipinski definition) is 3. The summed E-state index contributed by atoms with van der Waals surface area (Å²) in [4.78, 5) is 12.5. The van der Waals surface area contributed by atoms with E-state index in [9.17, 15) is 4.79 Å². The lowest BCUT2D eigenvalue weighted by Gasteiger charge is -2.31. The summed E-state index contributed by atoms with van der Waals surface area (Å²) in [6, 6.07) is -0.178. The summed E-state index contributed by atoms with van der Waals surface area (Å²) in [6.07, 6.45) is 4.28. The number of hydrogen-bond donors (Lipinski definition) is 2. The molecular weight excluding hydrogens is 226 g/mol. The van der Waals surface area contributed by atoms with Gasteiger partial charge in [0.15, 0.2) is 5.78 Å². The number of carbonyl (C=O) groups is 1. The number of rotatable bonds is 4. The minimum absolute atomic E-state index is 0.0880. The lowest BCUT2D eigenvalue weighted by molar-refractivity contribution is -0.128. The van der Waals surface area contributed by atoms with Gasteiger partial charge in [-0.25, -0.2) is 0 Å².